The number of aromatic nitrogens is 12. The maximum absolute atomic E-state index is 4.95. The van der Waals surface area contributed by atoms with Crippen LogP contribution in [0.5, 0.6) is 0 Å². The monoisotopic (exact) mass is 1080 g/mol. The topological polar surface area (TPSA) is 155 Å². The van der Waals surface area contributed by atoms with Gasteiger partial charge in [-0.2, -0.15) is 0 Å². The Morgan fingerprint density at radius 2 is 0.202 bits per heavy atom. The lowest BCUT2D eigenvalue weighted by atomic mass is 10.0. The van der Waals surface area contributed by atoms with Crippen LogP contribution in [0, 0.1) is 0 Å². The minimum Gasteiger partial charge on any atom is -0.208 e. The zero-order valence-corrected chi connectivity index (χ0v) is 45.1. The number of nitrogens with zero attached hydrogens (tertiary/aromatic N) is 12. The minimum absolute atomic E-state index is 0.368. The molecule has 0 saturated heterocycles. The molecule has 0 radical (unpaired) electrons. The van der Waals surface area contributed by atoms with Crippen LogP contribution in [0.3, 0.4) is 0 Å². The predicted molar refractivity (Wildman–Crippen MR) is 332 cm³/mol. The van der Waals surface area contributed by atoms with Crippen LogP contribution < -0.4 is 0 Å². The normalized spacial score (nSPS) is 10.9. The van der Waals surface area contributed by atoms with E-state index in [1.54, 1.807) is 0 Å². The van der Waals surface area contributed by atoms with Crippen LogP contribution in [0.1, 0.15) is 0 Å². The fourth-order valence-electron chi connectivity index (χ4n) is 9.34. The smallest absolute Gasteiger partial charge is 0.202 e. The third-order valence-corrected chi connectivity index (χ3v) is 13.6. The lowest BCUT2D eigenvalue weighted by Crippen LogP contribution is -2.05. The first-order valence-corrected chi connectivity index (χ1v) is 27.3. The molecule has 4 heterocycles. The van der Waals surface area contributed by atoms with E-state index in [-0.39, 0.29) is 0 Å². The summed E-state index contributed by atoms with van der Waals surface area (Å²) in [7, 11) is 0. The maximum atomic E-state index is 4.95. The van der Waals surface area contributed by atoms with E-state index in [0.29, 0.717) is 69.9 Å². The average Bonchev–Trinajstić information content (AvgIpc) is 3.79. The highest BCUT2D eigenvalue weighted by molar-refractivity contribution is 5.73. The molecular weight excluding hydrogens is 1030 g/mol. The molecule has 12 nitrogen and oxygen atoms in total. The van der Waals surface area contributed by atoms with E-state index in [4.69, 9.17) is 59.8 Å². The highest BCUT2D eigenvalue weighted by Crippen LogP contribution is 2.31. The van der Waals surface area contributed by atoms with Crippen molar-refractivity contribution in [1.82, 2.24) is 59.8 Å². The first-order valence-electron chi connectivity index (χ1n) is 27.3. The van der Waals surface area contributed by atoms with Crippen molar-refractivity contribution in [2.75, 3.05) is 0 Å². The van der Waals surface area contributed by atoms with Crippen molar-refractivity contribution in [2.45, 2.75) is 0 Å². The molecule has 0 aliphatic rings. The number of benzene rings is 10. The van der Waals surface area contributed by atoms with Gasteiger partial charge in [0.05, 0.1) is 0 Å². The molecule has 10 aromatic carbocycles. The number of hydrogen-bond donors (Lipinski definition) is 0. The first kappa shape index (κ1) is 51.7. The Morgan fingerprint density at radius 3 is 0.369 bits per heavy atom. The summed E-state index contributed by atoms with van der Waals surface area (Å²) in [5.41, 5.74) is 11.6. The molecule has 14 aromatic rings. The zero-order chi connectivity index (χ0) is 56.3. The van der Waals surface area contributed by atoms with Crippen molar-refractivity contribution in [2.24, 2.45) is 0 Å². The van der Waals surface area contributed by atoms with Crippen LogP contribution in [0.4, 0.5) is 0 Å². The molecule has 0 unspecified atom stereocenters. The quantitative estimate of drug-likeness (QED) is 0.114. The predicted octanol–water partition coefficient (Wildman–Crippen LogP) is 16.1. The van der Waals surface area contributed by atoms with Gasteiger partial charge in [-0.25, -0.2) is 59.8 Å². The second-order valence-electron chi connectivity index (χ2n) is 19.3. The van der Waals surface area contributed by atoms with E-state index in [2.05, 4.69) is 48.5 Å². The molecule has 14 rings (SSSR count). The zero-order valence-electron chi connectivity index (χ0n) is 45.1. The van der Waals surface area contributed by atoms with Gasteiger partial charge in [0, 0.05) is 44.5 Å². The third kappa shape index (κ3) is 11.9. The van der Waals surface area contributed by atoms with Gasteiger partial charge in [0.1, 0.15) is 0 Å². The maximum Gasteiger partial charge on any atom is 0.202 e. The van der Waals surface area contributed by atoms with Crippen molar-refractivity contribution in [3.8, 4) is 137 Å². The van der Waals surface area contributed by atoms with Crippen LogP contribution >= 0.6 is 0 Å². The fraction of sp³-hybridized carbons (Fsp3) is 0. The molecule has 4 aromatic heterocycles. The van der Waals surface area contributed by atoms with E-state index < -0.39 is 0 Å². The van der Waals surface area contributed by atoms with Crippen LogP contribution in [0.25, 0.3) is 137 Å². The molecule has 0 fully saturated rings. The largest absolute Gasteiger partial charge is 0.208 e. The van der Waals surface area contributed by atoms with Crippen molar-refractivity contribution >= 4 is 0 Å². The van der Waals surface area contributed by atoms with Gasteiger partial charge < -0.3 is 0 Å². The SMILES string of the molecule is c1ccc(-c2ccc(-c3nc(-c4ccccc4)nc(-c4nc(-c5ccccc5)nc(-c5ccc(-c6ccccc6)cc5)n4)n3)cc2)cc1.c1ccc(-c2nc(-c3ccccc3)nc(-c3nc(-c4ccccc4)nc(-c4ccccc4)n3)n2)cc1. The second kappa shape index (κ2) is 24.3. The van der Waals surface area contributed by atoms with E-state index in [1.165, 1.54) is 0 Å². The van der Waals surface area contributed by atoms with Crippen molar-refractivity contribution in [3.63, 3.8) is 0 Å². The Bertz CT molecular complexity index is 4070. The summed E-state index contributed by atoms with van der Waals surface area (Å²) >= 11 is 0. The average molecular weight is 1080 g/mol. The Labute approximate surface area is 485 Å². The number of hydrogen-bond acceptors (Lipinski definition) is 12. The van der Waals surface area contributed by atoms with E-state index >= 15 is 0 Å². The lowest BCUT2D eigenvalue weighted by Gasteiger charge is -2.11. The molecule has 0 amide bonds. The Balaban J connectivity index is 0.000000163. The summed E-state index contributed by atoms with van der Waals surface area (Å²) in [5.74, 6) is 5.90. The summed E-state index contributed by atoms with van der Waals surface area (Å²) in [6.07, 6.45) is 0. The molecule has 0 spiro atoms. The second-order valence-corrected chi connectivity index (χ2v) is 19.3. The highest BCUT2D eigenvalue weighted by atomic mass is 15.1. The van der Waals surface area contributed by atoms with Gasteiger partial charge in [-0.1, -0.05) is 291 Å². The molecule has 396 valence electrons. The summed E-state index contributed by atoms with van der Waals surface area (Å²) in [6.45, 7) is 0. The fourth-order valence-corrected chi connectivity index (χ4v) is 9.34. The summed E-state index contributed by atoms with van der Waals surface area (Å²) in [4.78, 5) is 58.3. The van der Waals surface area contributed by atoms with Crippen LogP contribution in [0.15, 0.2) is 291 Å². The number of rotatable bonds is 12. The highest BCUT2D eigenvalue weighted by Gasteiger charge is 2.20. The molecule has 0 N–H and O–H groups in total. The Kier molecular flexibility index (Phi) is 15.0. The van der Waals surface area contributed by atoms with Gasteiger partial charge in [-0.05, 0) is 22.3 Å². The summed E-state index contributed by atoms with van der Waals surface area (Å²) in [5, 5.41) is 0. The van der Waals surface area contributed by atoms with Crippen molar-refractivity contribution in [1.29, 1.82) is 0 Å². The van der Waals surface area contributed by atoms with Crippen LogP contribution in [-0.4, -0.2) is 59.8 Å². The summed E-state index contributed by atoms with van der Waals surface area (Å²) in [6, 6.07) is 96.3. The Hall–Kier alpha value is -11.8. The molecule has 84 heavy (non-hydrogen) atoms. The molecule has 12 heteroatoms. The van der Waals surface area contributed by atoms with Gasteiger partial charge in [0.15, 0.2) is 46.6 Å². The first-order chi connectivity index (χ1) is 41.6. The van der Waals surface area contributed by atoms with Gasteiger partial charge in [-0.15, -0.1) is 0 Å². The van der Waals surface area contributed by atoms with E-state index in [0.717, 1.165) is 66.8 Å². The minimum atomic E-state index is 0.368. The van der Waals surface area contributed by atoms with Gasteiger partial charge in [0.25, 0.3) is 0 Å². The lowest BCUT2D eigenvalue weighted by molar-refractivity contribution is 1.00. The molecule has 0 atom stereocenters. The van der Waals surface area contributed by atoms with Crippen LogP contribution in [0.2, 0.25) is 0 Å². The molecule has 0 bridgehead atoms. The standard InChI is InChI=1S/C42H28N6.C30H20N6/c1-5-13-29(14-6-1)31-21-25-35(26-22-31)39-43-37(33-17-9-3-10-18-33)45-41(47-39)42-46-38(34-19-11-4-12-20-34)44-40(48-42)36-27-23-32(24-28-36)30-15-7-2-8-16-30;1-5-13-21(14-6-1)25-31-26(22-15-7-2-8-16-22)34-29(33-25)30-35-27(23-17-9-3-10-18-23)32-28(36-30)24-19-11-4-12-20-24/h1-28H;1-20H. The molecular formula is C72H48N12. The third-order valence-electron chi connectivity index (χ3n) is 13.6. The molecule has 0 saturated carbocycles. The Morgan fingerprint density at radius 1 is 0.0952 bits per heavy atom. The van der Waals surface area contributed by atoms with E-state index in [9.17, 15) is 0 Å². The van der Waals surface area contributed by atoms with E-state index in [1.807, 2.05) is 243 Å². The van der Waals surface area contributed by atoms with Gasteiger partial charge in [-0.3, -0.25) is 0 Å². The van der Waals surface area contributed by atoms with Gasteiger partial charge >= 0.3 is 0 Å². The van der Waals surface area contributed by atoms with Gasteiger partial charge in [0.2, 0.25) is 23.3 Å². The van der Waals surface area contributed by atoms with Crippen molar-refractivity contribution < 1.29 is 0 Å². The van der Waals surface area contributed by atoms with Crippen LogP contribution in [-0.2, 0) is 0 Å². The molecule has 0 aliphatic carbocycles. The van der Waals surface area contributed by atoms with Crippen molar-refractivity contribution in [3.05, 3.63) is 291 Å². The summed E-state index contributed by atoms with van der Waals surface area (Å²) < 4.78 is 0. The molecule has 0 aliphatic heterocycles.